The summed E-state index contributed by atoms with van der Waals surface area (Å²) in [5.74, 6) is 2.68. The smallest absolute Gasteiger partial charge is 0.229 e. The fourth-order valence-electron chi connectivity index (χ4n) is 4.10. The number of methoxy groups -OCH3 is 1. The first-order valence-electron chi connectivity index (χ1n) is 10.0. The van der Waals surface area contributed by atoms with E-state index in [0.717, 1.165) is 61.6 Å². The fraction of sp³-hybridized carbons (Fsp3) is 0.700. The van der Waals surface area contributed by atoms with E-state index in [0.29, 0.717) is 31.3 Å². The van der Waals surface area contributed by atoms with Gasteiger partial charge in [-0.2, -0.15) is 4.98 Å². The van der Waals surface area contributed by atoms with Crippen molar-refractivity contribution in [2.75, 3.05) is 26.8 Å². The summed E-state index contributed by atoms with van der Waals surface area (Å²) < 4.78 is 16.1. The van der Waals surface area contributed by atoms with Crippen molar-refractivity contribution in [3.05, 3.63) is 28.7 Å². The van der Waals surface area contributed by atoms with Gasteiger partial charge in [-0.05, 0) is 46.0 Å². The van der Waals surface area contributed by atoms with Gasteiger partial charge in [0.2, 0.25) is 11.8 Å². The quantitative estimate of drug-likeness (QED) is 0.720. The summed E-state index contributed by atoms with van der Waals surface area (Å²) in [6, 6.07) is 0. The largest absolute Gasteiger partial charge is 0.385 e. The van der Waals surface area contributed by atoms with E-state index in [1.807, 2.05) is 18.7 Å². The number of aryl methyl sites for hydroxylation is 2. The van der Waals surface area contributed by atoms with E-state index in [4.69, 9.17) is 18.8 Å². The van der Waals surface area contributed by atoms with Gasteiger partial charge in [-0.25, -0.2) is 0 Å². The van der Waals surface area contributed by atoms with Crippen LogP contribution in [-0.2, 0) is 21.4 Å². The lowest BCUT2D eigenvalue weighted by Gasteiger charge is -2.41. The summed E-state index contributed by atoms with van der Waals surface area (Å²) in [5.41, 5.74) is 1.34. The molecule has 1 aliphatic heterocycles. The second-order valence-electron chi connectivity index (χ2n) is 8.15. The second kappa shape index (κ2) is 7.66. The molecule has 1 amide bonds. The molecule has 8 heteroatoms. The van der Waals surface area contributed by atoms with Crippen molar-refractivity contribution >= 4 is 5.91 Å². The number of hydrogen-bond donors (Lipinski definition) is 0. The van der Waals surface area contributed by atoms with Crippen molar-refractivity contribution in [1.29, 1.82) is 0 Å². The summed E-state index contributed by atoms with van der Waals surface area (Å²) in [4.78, 5) is 19.7. The molecule has 1 atom stereocenters. The standard InChI is InChI=1S/C20H28N4O4/c1-13-16(14(2)27-22-13)11-17(25)24-9-4-7-20(12-24,8-10-26-3)19-21-18(28-23-19)15-5-6-15/h15H,4-12H2,1-3H3. The van der Waals surface area contributed by atoms with Crippen LogP contribution in [0.15, 0.2) is 9.05 Å². The number of ether oxygens (including phenoxy) is 1. The van der Waals surface area contributed by atoms with Gasteiger partial charge in [0.15, 0.2) is 5.82 Å². The second-order valence-corrected chi connectivity index (χ2v) is 8.15. The Morgan fingerprint density at radius 1 is 1.29 bits per heavy atom. The molecule has 4 rings (SSSR count). The molecule has 152 valence electrons. The number of likely N-dealkylation sites (tertiary alicyclic amines) is 1. The van der Waals surface area contributed by atoms with Crippen LogP contribution in [0.25, 0.3) is 0 Å². The number of rotatable bonds is 7. The minimum Gasteiger partial charge on any atom is -0.385 e. The van der Waals surface area contributed by atoms with Crippen molar-refractivity contribution in [1.82, 2.24) is 20.2 Å². The topological polar surface area (TPSA) is 94.5 Å². The van der Waals surface area contributed by atoms with Gasteiger partial charge >= 0.3 is 0 Å². The molecule has 2 fully saturated rings. The van der Waals surface area contributed by atoms with E-state index < -0.39 is 0 Å². The minimum absolute atomic E-state index is 0.0850. The molecule has 1 aliphatic carbocycles. The first-order valence-corrected chi connectivity index (χ1v) is 10.0. The highest BCUT2D eigenvalue weighted by atomic mass is 16.5. The molecule has 0 bridgehead atoms. The number of aromatic nitrogens is 3. The van der Waals surface area contributed by atoms with E-state index >= 15 is 0 Å². The summed E-state index contributed by atoms with van der Waals surface area (Å²) in [6.07, 6.45) is 5.15. The molecule has 2 aromatic heterocycles. The van der Waals surface area contributed by atoms with Crippen LogP contribution in [0.1, 0.15) is 66.8 Å². The minimum atomic E-state index is -0.320. The Morgan fingerprint density at radius 3 is 2.79 bits per heavy atom. The lowest BCUT2D eigenvalue weighted by Crippen LogP contribution is -2.50. The van der Waals surface area contributed by atoms with Crippen LogP contribution in [-0.4, -0.2) is 52.9 Å². The third-order valence-electron chi connectivity index (χ3n) is 6.07. The maximum absolute atomic E-state index is 13.0. The van der Waals surface area contributed by atoms with Crippen LogP contribution in [0.2, 0.25) is 0 Å². The number of amides is 1. The third kappa shape index (κ3) is 3.70. The first kappa shape index (κ1) is 19.1. The van der Waals surface area contributed by atoms with Crippen LogP contribution in [0.5, 0.6) is 0 Å². The summed E-state index contributed by atoms with van der Waals surface area (Å²) >= 11 is 0. The van der Waals surface area contributed by atoms with Gasteiger partial charge in [0.05, 0.1) is 17.5 Å². The monoisotopic (exact) mass is 388 g/mol. The van der Waals surface area contributed by atoms with Crippen molar-refractivity contribution < 1.29 is 18.6 Å². The van der Waals surface area contributed by atoms with Crippen molar-refractivity contribution in [3.63, 3.8) is 0 Å². The molecular weight excluding hydrogens is 360 g/mol. The van der Waals surface area contributed by atoms with Crippen molar-refractivity contribution in [2.24, 2.45) is 0 Å². The van der Waals surface area contributed by atoms with E-state index in [-0.39, 0.29) is 11.3 Å². The Kier molecular flexibility index (Phi) is 5.23. The molecule has 28 heavy (non-hydrogen) atoms. The maximum Gasteiger partial charge on any atom is 0.229 e. The molecule has 0 radical (unpaired) electrons. The molecule has 2 aliphatic rings. The van der Waals surface area contributed by atoms with Gasteiger partial charge < -0.3 is 18.7 Å². The Bertz CT molecular complexity index is 822. The average molecular weight is 388 g/mol. The number of hydrogen-bond acceptors (Lipinski definition) is 7. The Balaban J connectivity index is 1.54. The molecule has 1 saturated carbocycles. The Labute approximate surface area is 164 Å². The Morgan fingerprint density at radius 2 is 2.11 bits per heavy atom. The van der Waals surface area contributed by atoms with Crippen LogP contribution in [0.3, 0.4) is 0 Å². The normalized spacial score (nSPS) is 22.6. The van der Waals surface area contributed by atoms with Crippen LogP contribution >= 0.6 is 0 Å². The van der Waals surface area contributed by atoms with E-state index in [2.05, 4.69) is 10.3 Å². The highest BCUT2D eigenvalue weighted by Crippen LogP contribution is 2.41. The van der Waals surface area contributed by atoms with Crippen LogP contribution in [0, 0.1) is 13.8 Å². The van der Waals surface area contributed by atoms with E-state index in [1.165, 1.54) is 0 Å². The number of carbonyl (C=O) groups excluding carboxylic acids is 1. The summed E-state index contributed by atoms with van der Waals surface area (Å²) in [5, 5.41) is 8.28. The molecule has 3 heterocycles. The average Bonchev–Trinajstić information content (AvgIpc) is 3.35. The SMILES string of the molecule is COCCC1(c2noc(C3CC3)n2)CCCN(C(=O)Cc2c(C)noc2C)C1. The molecule has 0 N–H and O–H groups in total. The number of nitrogens with zero attached hydrogens (tertiary/aromatic N) is 4. The fourth-order valence-corrected chi connectivity index (χ4v) is 4.10. The third-order valence-corrected chi connectivity index (χ3v) is 6.07. The zero-order valence-corrected chi connectivity index (χ0v) is 16.9. The lowest BCUT2D eigenvalue weighted by atomic mass is 9.76. The molecule has 8 nitrogen and oxygen atoms in total. The maximum atomic E-state index is 13.0. The highest BCUT2D eigenvalue weighted by Gasteiger charge is 2.43. The van der Waals surface area contributed by atoms with Gasteiger partial charge in [0, 0.05) is 38.3 Å². The van der Waals surface area contributed by atoms with Crippen LogP contribution < -0.4 is 0 Å². The zero-order valence-electron chi connectivity index (χ0n) is 16.9. The van der Waals surface area contributed by atoms with Gasteiger partial charge in [0.25, 0.3) is 0 Å². The van der Waals surface area contributed by atoms with Gasteiger partial charge in [-0.1, -0.05) is 10.3 Å². The van der Waals surface area contributed by atoms with Crippen LogP contribution in [0.4, 0.5) is 0 Å². The summed E-state index contributed by atoms with van der Waals surface area (Å²) in [7, 11) is 1.70. The highest BCUT2D eigenvalue weighted by molar-refractivity contribution is 5.79. The molecule has 1 saturated heterocycles. The molecule has 1 unspecified atom stereocenters. The van der Waals surface area contributed by atoms with E-state index in [9.17, 15) is 4.79 Å². The zero-order chi connectivity index (χ0) is 19.7. The lowest BCUT2D eigenvalue weighted by molar-refractivity contribution is -0.133. The Hall–Kier alpha value is -2.22. The first-order chi connectivity index (χ1) is 13.5. The molecule has 0 spiro atoms. The van der Waals surface area contributed by atoms with Gasteiger partial charge in [-0.15, -0.1) is 0 Å². The van der Waals surface area contributed by atoms with E-state index in [1.54, 1.807) is 7.11 Å². The molecule has 2 aromatic rings. The van der Waals surface area contributed by atoms with Gasteiger partial charge in [-0.3, -0.25) is 4.79 Å². The molecule has 0 aromatic carbocycles. The number of piperidine rings is 1. The summed E-state index contributed by atoms with van der Waals surface area (Å²) in [6.45, 7) is 5.64. The predicted molar refractivity (Wildman–Crippen MR) is 99.9 cm³/mol. The van der Waals surface area contributed by atoms with Gasteiger partial charge in [0.1, 0.15) is 5.76 Å². The molecular formula is C20H28N4O4. The van der Waals surface area contributed by atoms with Crippen molar-refractivity contribution in [3.8, 4) is 0 Å². The predicted octanol–water partition coefficient (Wildman–Crippen LogP) is 2.69. The van der Waals surface area contributed by atoms with Crippen molar-refractivity contribution in [2.45, 2.75) is 63.7 Å². The number of carbonyl (C=O) groups is 1.